The van der Waals surface area contributed by atoms with Gasteiger partial charge in [0, 0.05) is 26.1 Å². The lowest BCUT2D eigenvalue weighted by Gasteiger charge is -2.29. The Kier molecular flexibility index (Phi) is 4.74. The Bertz CT molecular complexity index is 295. The third kappa shape index (κ3) is 3.09. The quantitative estimate of drug-likeness (QED) is 0.748. The summed E-state index contributed by atoms with van der Waals surface area (Å²) in [4.78, 5) is 26.0. The lowest BCUT2D eigenvalue weighted by Crippen LogP contribution is -2.48. The van der Waals surface area contributed by atoms with Crippen molar-refractivity contribution in [2.75, 3.05) is 19.6 Å². The van der Waals surface area contributed by atoms with Crippen LogP contribution in [0.3, 0.4) is 0 Å². The predicted molar refractivity (Wildman–Crippen MR) is 61.7 cm³/mol. The molecule has 6 heteroatoms. The first-order valence-electron chi connectivity index (χ1n) is 5.97. The predicted octanol–water partition coefficient (Wildman–Crippen LogP) is 0.358. The van der Waals surface area contributed by atoms with Gasteiger partial charge in [-0.05, 0) is 13.3 Å². The van der Waals surface area contributed by atoms with Gasteiger partial charge in [-0.3, -0.25) is 0 Å². The van der Waals surface area contributed by atoms with Crippen molar-refractivity contribution in [3.05, 3.63) is 0 Å². The fraction of sp³-hybridized carbons (Fsp3) is 0.818. The average molecular weight is 244 g/mol. The Hall–Kier alpha value is -1.30. The van der Waals surface area contributed by atoms with Gasteiger partial charge in [0.25, 0.3) is 0 Å². The van der Waals surface area contributed by atoms with E-state index in [9.17, 15) is 14.7 Å². The van der Waals surface area contributed by atoms with Gasteiger partial charge in [-0.2, -0.15) is 0 Å². The van der Waals surface area contributed by atoms with Gasteiger partial charge in [-0.25, -0.2) is 9.59 Å². The van der Waals surface area contributed by atoms with Crippen molar-refractivity contribution in [1.82, 2.24) is 9.80 Å². The van der Waals surface area contributed by atoms with E-state index in [1.807, 2.05) is 13.8 Å². The molecule has 0 bridgehead atoms. The van der Waals surface area contributed by atoms with Crippen LogP contribution in [0.15, 0.2) is 0 Å². The second-order valence-electron chi connectivity index (χ2n) is 4.26. The van der Waals surface area contributed by atoms with Gasteiger partial charge < -0.3 is 20.0 Å². The third-order valence-electron chi connectivity index (χ3n) is 2.96. The minimum atomic E-state index is -1.05. The fourth-order valence-electron chi connectivity index (χ4n) is 2.10. The molecule has 0 aliphatic carbocycles. The van der Waals surface area contributed by atoms with Crippen LogP contribution in [0.1, 0.15) is 26.7 Å². The number of aliphatic hydroxyl groups excluding tert-OH is 1. The van der Waals surface area contributed by atoms with Crippen LogP contribution in [0.25, 0.3) is 0 Å². The van der Waals surface area contributed by atoms with Gasteiger partial charge in [0.2, 0.25) is 0 Å². The molecule has 6 nitrogen and oxygen atoms in total. The maximum absolute atomic E-state index is 12.1. The summed E-state index contributed by atoms with van der Waals surface area (Å²) in [6.07, 6.45) is 0.207. The maximum atomic E-state index is 12.1. The number of aliphatic carboxylic acids is 1. The molecule has 0 spiro atoms. The smallest absolute Gasteiger partial charge is 0.326 e. The molecule has 0 radical (unpaired) electrons. The van der Waals surface area contributed by atoms with Crippen LogP contribution in [0, 0.1) is 0 Å². The first-order chi connectivity index (χ1) is 8.01. The average Bonchev–Trinajstić information content (AvgIpc) is 2.67. The van der Waals surface area contributed by atoms with E-state index >= 15 is 0 Å². The molecule has 1 heterocycles. The van der Waals surface area contributed by atoms with Crippen molar-refractivity contribution < 1.29 is 19.8 Å². The summed E-state index contributed by atoms with van der Waals surface area (Å²) >= 11 is 0. The highest BCUT2D eigenvalue weighted by Crippen LogP contribution is 2.20. The molecule has 1 unspecified atom stereocenters. The van der Waals surface area contributed by atoms with Crippen molar-refractivity contribution in [1.29, 1.82) is 0 Å². The molecule has 0 aromatic carbocycles. The van der Waals surface area contributed by atoms with E-state index in [-0.39, 0.29) is 19.0 Å². The molecule has 1 aliphatic rings. The number of carbonyl (C=O) groups is 2. The molecule has 0 aromatic rings. The number of amides is 2. The summed E-state index contributed by atoms with van der Waals surface area (Å²) in [6.45, 7) is 5.08. The molecule has 1 rings (SSSR count). The van der Waals surface area contributed by atoms with Crippen molar-refractivity contribution in [3.8, 4) is 0 Å². The zero-order valence-electron chi connectivity index (χ0n) is 10.3. The van der Waals surface area contributed by atoms with E-state index in [0.717, 1.165) is 6.42 Å². The van der Waals surface area contributed by atoms with Crippen LogP contribution < -0.4 is 0 Å². The summed E-state index contributed by atoms with van der Waals surface area (Å²) < 4.78 is 0. The van der Waals surface area contributed by atoms with Crippen LogP contribution in [0.5, 0.6) is 0 Å². The molecule has 17 heavy (non-hydrogen) atoms. The number of aliphatic hydroxyl groups is 1. The highest BCUT2D eigenvalue weighted by atomic mass is 16.4. The number of carbonyl (C=O) groups excluding carboxylic acids is 1. The number of likely N-dealkylation sites (tertiary alicyclic amines) is 1. The van der Waals surface area contributed by atoms with E-state index in [4.69, 9.17) is 5.11 Å². The third-order valence-corrected chi connectivity index (χ3v) is 2.96. The molecule has 98 valence electrons. The van der Waals surface area contributed by atoms with Gasteiger partial charge in [-0.15, -0.1) is 0 Å². The van der Waals surface area contributed by atoms with Gasteiger partial charge >= 0.3 is 12.0 Å². The number of carboxylic acid groups (broad SMARTS) is 1. The summed E-state index contributed by atoms with van der Waals surface area (Å²) in [5.41, 5.74) is 0. The van der Waals surface area contributed by atoms with E-state index < -0.39 is 18.1 Å². The highest BCUT2D eigenvalue weighted by Gasteiger charge is 2.40. The second kappa shape index (κ2) is 5.86. The zero-order chi connectivity index (χ0) is 13.0. The Labute approximate surface area is 101 Å². The highest BCUT2D eigenvalue weighted by molar-refractivity contribution is 5.83. The topological polar surface area (TPSA) is 81.1 Å². The van der Waals surface area contributed by atoms with Crippen LogP contribution >= 0.6 is 0 Å². The van der Waals surface area contributed by atoms with E-state index in [1.54, 1.807) is 4.90 Å². The zero-order valence-corrected chi connectivity index (χ0v) is 10.3. The van der Waals surface area contributed by atoms with Crippen LogP contribution in [0.2, 0.25) is 0 Å². The van der Waals surface area contributed by atoms with Crippen LogP contribution in [-0.4, -0.2) is 63.8 Å². The standard InChI is InChI=1S/C11H20N2O4/c1-3-5-12(4-2)11(17)13-7-8(14)6-9(13)10(15)16/h8-9,14H,3-7H2,1-2H3,(H,15,16)/t8?,9-/m0/s1. The summed E-state index contributed by atoms with van der Waals surface area (Å²) in [6, 6.07) is -1.19. The first kappa shape index (κ1) is 13.8. The molecule has 2 atom stereocenters. The SMILES string of the molecule is CCCN(CC)C(=O)N1CC(O)C[C@H]1C(=O)O. The number of carboxylic acids is 1. The van der Waals surface area contributed by atoms with E-state index in [2.05, 4.69) is 0 Å². The number of urea groups is 1. The monoisotopic (exact) mass is 244 g/mol. The number of β-amino-alcohol motifs (C(OH)–C–C–N with tert-alkyl or cyclic N) is 1. The Morgan fingerprint density at radius 1 is 1.41 bits per heavy atom. The van der Waals surface area contributed by atoms with Gasteiger partial charge in [0.1, 0.15) is 6.04 Å². The fourth-order valence-corrected chi connectivity index (χ4v) is 2.10. The number of hydrogen-bond donors (Lipinski definition) is 2. The van der Waals surface area contributed by atoms with Crippen molar-refractivity contribution in [3.63, 3.8) is 0 Å². The normalized spacial score (nSPS) is 23.8. The van der Waals surface area contributed by atoms with Crippen LogP contribution in [0.4, 0.5) is 4.79 Å². The van der Waals surface area contributed by atoms with E-state index in [0.29, 0.717) is 13.1 Å². The summed E-state index contributed by atoms with van der Waals surface area (Å²) in [5.74, 6) is -1.05. The molecule has 1 aliphatic heterocycles. The van der Waals surface area contributed by atoms with Gasteiger partial charge in [0.15, 0.2) is 0 Å². The Balaban J connectivity index is 2.75. The number of nitrogens with zero attached hydrogens (tertiary/aromatic N) is 2. The molecule has 1 fully saturated rings. The Morgan fingerprint density at radius 2 is 2.06 bits per heavy atom. The number of hydrogen-bond acceptors (Lipinski definition) is 3. The van der Waals surface area contributed by atoms with Gasteiger partial charge in [-0.1, -0.05) is 6.92 Å². The Morgan fingerprint density at radius 3 is 2.53 bits per heavy atom. The lowest BCUT2D eigenvalue weighted by molar-refractivity contribution is -0.141. The molecule has 0 aromatic heterocycles. The summed E-state index contributed by atoms with van der Waals surface area (Å²) in [5, 5.41) is 18.5. The van der Waals surface area contributed by atoms with Crippen LogP contribution in [-0.2, 0) is 4.79 Å². The molecule has 1 saturated heterocycles. The van der Waals surface area contributed by atoms with Crippen molar-refractivity contribution >= 4 is 12.0 Å². The maximum Gasteiger partial charge on any atom is 0.326 e. The molecular weight excluding hydrogens is 224 g/mol. The number of rotatable bonds is 4. The minimum Gasteiger partial charge on any atom is -0.480 e. The first-order valence-corrected chi connectivity index (χ1v) is 5.97. The molecule has 0 saturated carbocycles. The van der Waals surface area contributed by atoms with Crippen molar-refractivity contribution in [2.24, 2.45) is 0 Å². The van der Waals surface area contributed by atoms with E-state index in [1.165, 1.54) is 4.90 Å². The van der Waals surface area contributed by atoms with Gasteiger partial charge in [0.05, 0.1) is 6.10 Å². The lowest BCUT2D eigenvalue weighted by atomic mass is 10.2. The molecule has 2 amide bonds. The second-order valence-corrected chi connectivity index (χ2v) is 4.26. The summed E-state index contributed by atoms with van der Waals surface area (Å²) in [7, 11) is 0. The largest absolute Gasteiger partial charge is 0.480 e. The van der Waals surface area contributed by atoms with Crippen molar-refractivity contribution in [2.45, 2.75) is 38.8 Å². The minimum absolute atomic E-state index is 0.107. The molecular formula is C11H20N2O4. The molecule has 2 N–H and O–H groups in total.